The Morgan fingerprint density at radius 1 is 1.33 bits per heavy atom. The minimum Gasteiger partial charge on any atom is -0.480 e. The lowest BCUT2D eigenvalue weighted by molar-refractivity contribution is -0.144. The highest BCUT2D eigenvalue weighted by molar-refractivity contribution is 5.83. The molecule has 0 bridgehead atoms. The number of aliphatic carboxylic acids is 1. The lowest BCUT2D eigenvalue weighted by Crippen LogP contribution is -2.37. The number of rotatable bonds is 3. The zero-order valence-corrected chi connectivity index (χ0v) is 8.48. The zero-order chi connectivity index (χ0) is 11.3. The molecule has 1 N–H and O–H groups in total. The van der Waals surface area contributed by atoms with Crippen LogP contribution in [-0.2, 0) is 9.59 Å². The van der Waals surface area contributed by atoms with E-state index < -0.39 is 11.9 Å². The van der Waals surface area contributed by atoms with Gasteiger partial charge in [0.15, 0.2) is 5.92 Å². The highest BCUT2D eigenvalue weighted by atomic mass is 16.4. The molecule has 0 aliphatic carbocycles. The van der Waals surface area contributed by atoms with Crippen LogP contribution in [0.3, 0.4) is 0 Å². The fraction of sp³-hybridized carbons (Fsp3) is 0.700. The van der Waals surface area contributed by atoms with Gasteiger partial charge < -0.3 is 10.0 Å². The standard InChI is InChI=1S/C10H14N2O3/c11-7-8(10(14)15)6-9(13)12-4-2-1-3-5-12/h8H,1-6H2,(H,14,15). The van der Waals surface area contributed by atoms with Crippen molar-refractivity contribution in [1.82, 2.24) is 4.90 Å². The number of carboxylic acid groups (broad SMARTS) is 1. The van der Waals surface area contributed by atoms with Crippen LogP contribution in [0.2, 0.25) is 0 Å². The summed E-state index contributed by atoms with van der Waals surface area (Å²) in [6.45, 7) is 1.38. The topological polar surface area (TPSA) is 81.4 Å². The molecule has 0 aromatic heterocycles. The Morgan fingerprint density at radius 2 is 1.93 bits per heavy atom. The van der Waals surface area contributed by atoms with Crippen LogP contribution < -0.4 is 0 Å². The van der Waals surface area contributed by atoms with Crippen LogP contribution in [0.4, 0.5) is 0 Å². The molecule has 1 atom stereocenters. The number of hydrogen-bond acceptors (Lipinski definition) is 3. The van der Waals surface area contributed by atoms with E-state index in [-0.39, 0.29) is 12.3 Å². The summed E-state index contributed by atoms with van der Waals surface area (Å²) in [5.41, 5.74) is 0. The van der Waals surface area contributed by atoms with Crippen LogP contribution in [0.25, 0.3) is 0 Å². The van der Waals surface area contributed by atoms with Crippen molar-refractivity contribution in [2.45, 2.75) is 25.7 Å². The number of nitrogens with zero attached hydrogens (tertiary/aromatic N) is 2. The van der Waals surface area contributed by atoms with E-state index in [9.17, 15) is 9.59 Å². The fourth-order valence-corrected chi connectivity index (χ4v) is 1.64. The first kappa shape index (κ1) is 11.5. The summed E-state index contributed by atoms with van der Waals surface area (Å²) in [5.74, 6) is -2.65. The van der Waals surface area contributed by atoms with E-state index in [4.69, 9.17) is 10.4 Å². The van der Waals surface area contributed by atoms with Crippen LogP contribution in [0, 0.1) is 17.2 Å². The van der Waals surface area contributed by atoms with Crippen LogP contribution in [-0.4, -0.2) is 35.0 Å². The summed E-state index contributed by atoms with van der Waals surface area (Å²) in [6, 6.07) is 1.62. The second-order valence-corrected chi connectivity index (χ2v) is 3.67. The number of piperidine rings is 1. The average Bonchev–Trinajstić information content (AvgIpc) is 2.26. The molecule has 1 amide bonds. The second-order valence-electron chi connectivity index (χ2n) is 3.67. The molecule has 1 fully saturated rings. The minimum absolute atomic E-state index is 0.203. The highest BCUT2D eigenvalue weighted by Crippen LogP contribution is 2.12. The SMILES string of the molecule is N#CC(CC(=O)N1CCCCC1)C(=O)O. The molecule has 1 unspecified atom stereocenters. The van der Waals surface area contributed by atoms with Gasteiger partial charge in [0.25, 0.3) is 0 Å². The first-order valence-corrected chi connectivity index (χ1v) is 5.05. The molecule has 1 rings (SSSR count). The maximum absolute atomic E-state index is 11.6. The summed E-state index contributed by atoms with van der Waals surface area (Å²) in [7, 11) is 0. The van der Waals surface area contributed by atoms with Crippen molar-refractivity contribution in [2.75, 3.05) is 13.1 Å². The zero-order valence-electron chi connectivity index (χ0n) is 8.48. The van der Waals surface area contributed by atoms with Crippen molar-refractivity contribution in [2.24, 2.45) is 5.92 Å². The molecule has 1 aliphatic rings. The Hall–Kier alpha value is -1.57. The second kappa shape index (κ2) is 5.35. The quantitative estimate of drug-likeness (QED) is 0.740. The molecule has 0 radical (unpaired) electrons. The first-order chi connectivity index (χ1) is 7.15. The van der Waals surface area contributed by atoms with Crippen molar-refractivity contribution in [1.29, 1.82) is 5.26 Å². The van der Waals surface area contributed by atoms with Gasteiger partial charge in [0.1, 0.15) is 0 Å². The van der Waals surface area contributed by atoms with Crippen molar-refractivity contribution in [3.05, 3.63) is 0 Å². The summed E-state index contributed by atoms with van der Waals surface area (Å²) in [4.78, 5) is 23.8. The van der Waals surface area contributed by atoms with Crippen LogP contribution in [0.5, 0.6) is 0 Å². The van der Waals surface area contributed by atoms with Crippen molar-refractivity contribution in [3.63, 3.8) is 0 Å². The number of carbonyl (C=O) groups is 2. The van der Waals surface area contributed by atoms with Gasteiger partial charge >= 0.3 is 5.97 Å². The number of carbonyl (C=O) groups excluding carboxylic acids is 1. The summed E-state index contributed by atoms with van der Waals surface area (Å²) in [5, 5.41) is 17.2. The summed E-state index contributed by atoms with van der Waals surface area (Å²) in [6.07, 6.45) is 2.85. The van der Waals surface area contributed by atoms with Gasteiger partial charge in [-0.2, -0.15) is 5.26 Å². The molecule has 5 nitrogen and oxygen atoms in total. The molecule has 0 spiro atoms. The summed E-state index contributed by atoms with van der Waals surface area (Å²) < 4.78 is 0. The van der Waals surface area contributed by atoms with Gasteiger partial charge in [-0.15, -0.1) is 0 Å². The van der Waals surface area contributed by atoms with E-state index in [1.807, 2.05) is 0 Å². The molecule has 1 heterocycles. The number of nitriles is 1. The third-order valence-corrected chi connectivity index (χ3v) is 2.54. The van der Waals surface area contributed by atoms with Crippen LogP contribution in [0.15, 0.2) is 0 Å². The van der Waals surface area contributed by atoms with E-state index in [2.05, 4.69) is 0 Å². The lowest BCUT2D eigenvalue weighted by atomic mass is 10.1. The number of likely N-dealkylation sites (tertiary alicyclic amines) is 1. The van der Waals surface area contributed by atoms with Gasteiger partial charge in [0.2, 0.25) is 5.91 Å². The molecule has 5 heteroatoms. The van der Waals surface area contributed by atoms with Gasteiger partial charge in [-0.1, -0.05) is 0 Å². The number of hydrogen-bond donors (Lipinski definition) is 1. The van der Waals surface area contributed by atoms with Crippen molar-refractivity contribution < 1.29 is 14.7 Å². The molecule has 82 valence electrons. The number of amides is 1. The van der Waals surface area contributed by atoms with E-state index in [0.29, 0.717) is 13.1 Å². The van der Waals surface area contributed by atoms with Crippen LogP contribution in [0.1, 0.15) is 25.7 Å². The molecule has 1 saturated heterocycles. The van der Waals surface area contributed by atoms with Gasteiger partial charge in [0, 0.05) is 13.1 Å². The molecular formula is C10H14N2O3. The van der Waals surface area contributed by atoms with E-state index in [1.54, 1.807) is 11.0 Å². The van der Waals surface area contributed by atoms with Crippen molar-refractivity contribution in [3.8, 4) is 6.07 Å². The molecule has 0 aromatic carbocycles. The molecule has 1 aliphatic heterocycles. The van der Waals surface area contributed by atoms with E-state index >= 15 is 0 Å². The predicted molar refractivity (Wildman–Crippen MR) is 51.8 cm³/mol. The van der Waals surface area contributed by atoms with E-state index in [0.717, 1.165) is 19.3 Å². The first-order valence-electron chi connectivity index (χ1n) is 5.05. The normalized spacial score (nSPS) is 17.9. The monoisotopic (exact) mass is 210 g/mol. The maximum Gasteiger partial charge on any atom is 0.321 e. The van der Waals surface area contributed by atoms with Crippen LogP contribution >= 0.6 is 0 Å². The largest absolute Gasteiger partial charge is 0.480 e. The van der Waals surface area contributed by atoms with E-state index in [1.165, 1.54) is 0 Å². The van der Waals surface area contributed by atoms with Gasteiger partial charge in [-0.25, -0.2) is 0 Å². The molecule has 15 heavy (non-hydrogen) atoms. The number of carboxylic acids is 1. The fourth-order valence-electron chi connectivity index (χ4n) is 1.64. The maximum atomic E-state index is 11.6. The van der Waals surface area contributed by atoms with Gasteiger partial charge in [-0.3, -0.25) is 9.59 Å². The predicted octanol–water partition coefficient (Wildman–Crippen LogP) is 0.613. The molecular weight excluding hydrogens is 196 g/mol. The lowest BCUT2D eigenvalue weighted by Gasteiger charge is -2.26. The van der Waals surface area contributed by atoms with Gasteiger partial charge in [-0.05, 0) is 19.3 Å². The third-order valence-electron chi connectivity index (χ3n) is 2.54. The Balaban J connectivity index is 2.46. The highest BCUT2D eigenvalue weighted by Gasteiger charge is 2.24. The van der Waals surface area contributed by atoms with Crippen molar-refractivity contribution >= 4 is 11.9 Å². The third kappa shape index (κ3) is 3.24. The Bertz CT molecular complexity index is 290. The average molecular weight is 210 g/mol. The molecule has 0 saturated carbocycles. The smallest absolute Gasteiger partial charge is 0.321 e. The minimum atomic E-state index is -1.22. The van der Waals surface area contributed by atoms with Gasteiger partial charge in [0.05, 0.1) is 12.5 Å². The molecule has 0 aromatic rings. The summed E-state index contributed by atoms with van der Waals surface area (Å²) >= 11 is 0. The Kier molecular flexibility index (Phi) is 4.10. The Morgan fingerprint density at radius 3 is 2.40 bits per heavy atom. The Labute approximate surface area is 88.3 Å².